The highest BCUT2D eigenvalue weighted by atomic mass is 16.3. The first-order valence-corrected chi connectivity index (χ1v) is 5.51. The lowest BCUT2D eigenvalue weighted by Crippen LogP contribution is -2.08. The molecule has 1 N–H and O–H groups in total. The molecule has 0 aliphatic heterocycles. The molecule has 3 heteroatoms. The average molecular weight is 216 g/mol. The molecule has 2 aromatic heterocycles. The maximum absolute atomic E-state index is 5.41. The summed E-state index contributed by atoms with van der Waals surface area (Å²) in [5.41, 5.74) is 2.18. The smallest absolute Gasteiger partial charge is 0.125 e. The Bertz CT molecular complexity index is 437. The van der Waals surface area contributed by atoms with E-state index in [-0.39, 0.29) is 6.04 Å². The van der Waals surface area contributed by atoms with E-state index in [4.69, 9.17) is 4.42 Å². The first-order valence-electron chi connectivity index (χ1n) is 5.51. The highest BCUT2D eigenvalue weighted by Crippen LogP contribution is 2.22. The van der Waals surface area contributed by atoms with E-state index in [0.717, 1.165) is 23.4 Å². The van der Waals surface area contributed by atoms with Crippen LogP contribution in [0, 0.1) is 6.92 Å². The number of hydrogen-bond acceptors (Lipinski definition) is 3. The number of nitrogens with zero attached hydrogens (tertiary/aromatic N) is 1. The topological polar surface area (TPSA) is 38.1 Å². The largest absolute Gasteiger partial charge is 0.467 e. The molecule has 1 atom stereocenters. The summed E-state index contributed by atoms with van der Waals surface area (Å²) in [4.78, 5) is 4.16. The highest BCUT2D eigenvalue weighted by molar-refractivity contribution is 5.44. The zero-order valence-corrected chi connectivity index (χ0v) is 9.60. The van der Waals surface area contributed by atoms with Crippen LogP contribution in [0.25, 0.3) is 0 Å². The Labute approximate surface area is 95.5 Å². The van der Waals surface area contributed by atoms with Gasteiger partial charge in [0.05, 0.1) is 18.0 Å². The molecule has 0 radical (unpaired) electrons. The minimum absolute atomic E-state index is 0.207. The number of hydrogen-bond donors (Lipinski definition) is 1. The van der Waals surface area contributed by atoms with Gasteiger partial charge in [-0.3, -0.25) is 4.98 Å². The molecule has 0 aromatic carbocycles. The summed E-state index contributed by atoms with van der Waals surface area (Å²) in [6.45, 7) is 4.16. The third-order valence-corrected chi connectivity index (χ3v) is 2.51. The summed E-state index contributed by atoms with van der Waals surface area (Å²) >= 11 is 0. The second-order valence-electron chi connectivity index (χ2n) is 3.87. The van der Waals surface area contributed by atoms with Gasteiger partial charge in [-0.05, 0) is 37.1 Å². The van der Waals surface area contributed by atoms with Gasteiger partial charge in [-0.25, -0.2) is 0 Å². The van der Waals surface area contributed by atoms with E-state index in [1.54, 1.807) is 6.26 Å². The number of rotatable bonds is 4. The van der Waals surface area contributed by atoms with E-state index in [9.17, 15) is 0 Å². The molecule has 1 unspecified atom stereocenters. The lowest BCUT2D eigenvalue weighted by Gasteiger charge is -2.15. The van der Waals surface area contributed by atoms with Gasteiger partial charge in [0.25, 0.3) is 0 Å². The number of furan rings is 1. The Morgan fingerprint density at radius 1 is 1.44 bits per heavy atom. The predicted molar refractivity (Wildman–Crippen MR) is 64.3 cm³/mol. The summed E-state index contributed by atoms with van der Waals surface area (Å²) in [5, 5.41) is 3.42. The molecule has 2 rings (SSSR count). The van der Waals surface area contributed by atoms with E-state index in [1.165, 1.54) is 0 Å². The van der Waals surface area contributed by atoms with Crippen molar-refractivity contribution in [1.82, 2.24) is 4.98 Å². The van der Waals surface area contributed by atoms with Crippen molar-refractivity contribution in [1.29, 1.82) is 0 Å². The minimum atomic E-state index is 0.207. The molecule has 3 nitrogen and oxygen atoms in total. The highest BCUT2D eigenvalue weighted by Gasteiger charge is 2.11. The molecule has 0 saturated carbocycles. The van der Waals surface area contributed by atoms with Gasteiger partial charge in [0, 0.05) is 12.4 Å². The Morgan fingerprint density at radius 3 is 2.94 bits per heavy atom. The molecule has 0 saturated heterocycles. The molecule has 2 heterocycles. The summed E-state index contributed by atoms with van der Waals surface area (Å²) in [5.74, 6) is 0.962. The van der Waals surface area contributed by atoms with E-state index in [2.05, 4.69) is 23.3 Å². The average Bonchev–Trinajstić information content (AvgIpc) is 2.79. The summed E-state index contributed by atoms with van der Waals surface area (Å²) in [6.07, 6.45) is 6.35. The molecule has 0 amide bonds. The van der Waals surface area contributed by atoms with Crippen molar-refractivity contribution in [3.05, 3.63) is 48.2 Å². The minimum Gasteiger partial charge on any atom is -0.467 e. The molecule has 2 aromatic rings. The zero-order valence-electron chi connectivity index (χ0n) is 9.60. The van der Waals surface area contributed by atoms with Crippen LogP contribution in [-0.2, 0) is 0 Å². The van der Waals surface area contributed by atoms with Crippen molar-refractivity contribution in [3.63, 3.8) is 0 Å². The van der Waals surface area contributed by atoms with Crippen molar-refractivity contribution in [2.75, 3.05) is 5.32 Å². The fraction of sp³-hybridized carbons (Fsp3) is 0.308. The third-order valence-electron chi connectivity index (χ3n) is 2.51. The molecule has 84 valence electrons. The molecule has 0 aliphatic rings. The maximum Gasteiger partial charge on any atom is 0.125 e. The number of aryl methyl sites for hydroxylation is 1. The van der Waals surface area contributed by atoms with Gasteiger partial charge in [-0.1, -0.05) is 6.92 Å². The van der Waals surface area contributed by atoms with Crippen LogP contribution in [0.4, 0.5) is 5.69 Å². The van der Waals surface area contributed by atoms with Gasteiger partial charge in [0.15, 0.2) is 0 Å². The van der Waals surface area contributed by atoms with Crippen LogP contribution < -0.4 is 5.32 Å². The number of anilines is 1. The Kier molecular flexibility index (Phi) is 3.25. The summed E-state index contributed by atoms with van der Waals surface area (Å²) < 4.78 is 5.41. The standard InChI is InChI=1S/C13H16N2O/c1-3-12(13-5-4-6-16-13)15-11-7-10(2)8-14-9-11/h4-9,12,15H,3H2,1-2H3. The van der Waals surface area contributed by atoms with Crippen LogP contribution >= 0.6 is 0 Å². The van der Waals surface area contributed by atoms with Gasteiger partial charge in [-0.15, -0.1) is 0 Å². The molecular formula is C13H16N2O. The van der Waals surface area contributed by atoms with Gasteiger partial charge < -0.3 is 9.73 Å². The normalized spacial score (nSPS) is 12.4. The second-order valence-corrected chi connectivity index (χ2v) is 3.87. The summed E-state index contributed by atoms with van der Waals surface area (Å²) in [6, 6.07) is 6.19. The molecule has 0 aliphatic carbocycles. The van der Waals surface area contributed by atoms with Gasteiger partial charge in [-0.2, -0.15) is 0 Å². The Hall–Kier alpha value is -1.77. The van der Waals surface area contributed by atoms with Crippen molar-refractivity contribution in [3.8, 4) is 0 Å². The first-order chi connectivity index (χ1) is 7.79. The first kappa shape index (κ1) is 10.7. The van der Waals surface area contributed by atoms with E-state index in [0.29, 0.717) is 0 Å². The van der Waals surface area contributed by atoms with Crippen molar-refractivity contribution >= 4 is 5.69 Å². The third kappa shape index (κ3) is 2.42. The lowest BCUT2D eigenvalue weighted by atomic mass is 10.1. The van der Waals surface area contributed by atoms with Gasteiger partial charge in [0.2, 0.25) is 0 Å². The Morgan fingerprint density at radius 2 is 2.31 bits per heavy atom. The molecule has 0 spiro atoms. The molecular weight excluding hydrogens is 200 g/mol. The van der Waals surface area contributed by atoms with Gasteiger partial charge >= 0.3 is 0 Å². The molecule has 16 heavy (non-hydrogen) atoms. The van der Waals surface area contributed by atoms with Crippen LogP contribution in [-0.4, -0.2) is 4.98 Å². The predicted octanol–water partition coefficient (Wildman–Crippen LogP) is 3.55. The van der Waals surface area contributed by atoms with E-state index >= 15 is 0 Å². The lowest BCUT2D eigenvalue weighted by molar-refractivity contribution is 0.474. The fourth-order valence-electron chi connectivity index (χ4n) is 1.70. The van der Waals surface area contributed by atoms with Crippen molar-refractivity contribution in [2.24, 2.45) is 0 Å². The van der Waals surface area contributed by atoms with Crippen LogP contribution in [0.15, 0.2) is 41.3 Å². The SMILES string of the molecule is CCC(Nc1cncc(C)c1)c1ccco1. The number of aromatic nitrogens is 1. The van der Waals surface area contributed by atoms with Crippen LogP contribution in [0.5, 0.6) is 0 Å². The van der Waals surface area contributed by atoms with E-state index in [1.807, 2.05) is 31.5 Å². The summed E-state index contributed by atoms with van der Waals surface area (Å²) in [7, 11) is 0. The fourth-order valence-corrected chi connectivity index (χ4v) is 1.70. The van der Waals surface area contributed by atoms with Crippen LogP contribution in [0.1, 0.15) is 30.7 Å². The van der Waals surface area contributed by atoms with Crippen molar-refractivity contribution in [2.45, 2.75) is 26.3 Å². The number of nitrogens with one attached hydrogen (secondary N) is 1. The quantitative estimate of drug-likeness (QED) is 0.849. The van der Waals surface area contributed by atoms with Crippen molar-refractivity contribution < 1.29 is 4.42 Å². The monoisotopic (exact) mass is 216 g/mol. The maximum atomic E-state index is 5.41. The molecule has 0 bridgehead atoms. The van der Waals surface area contributed by atoms with Crippen LogP contribution in [0.2, 0.25) is 0 Å². The number of pyridine rings is 1. The van der Waals surface area contributed by atoms with Gasteiger partial charge in [0.1, 0.15) is 5.76 Å². The zero-order chi connectivity index (χ0) is 11.4. The van der Waals surface area contributed by atoms with Crippen LogP contribution in [0.3, 0.4) is 0 Å². The second kappa shape index (κ2) is 4.84. The van der Waals surface area contributed by atoms with E-state index < -0.39 is 0 Å². The molecule has 0 fully saturated rings. The Balaban J connectivity index is 2.13.